The van der Waals surface area contributed by atoms with Crippen LogP contribution in [0.1, 0.15) is 0 Å². The Morgan fingerprint density at radius 3 is 2.68 bits per heavy atom. The monoisotopic (exact) mass is 315 g/mol. The number of amides is 1. The molecule has 4 nitrogen and oxygen atoms in total. The van der Waals surface area contributed by atoms with E-state index < -0.39 is 0 Å². The number of nitrogens with one attached hydrogen (secondary N) is 1. The number of benzene rings is 1. The number of hydrogen-bond acceptors (Lipinski definition) is 3. The predicted octanol–water partition coefficient (Wildman–Crippen LogP) is 3.12. The van der Waals surface area contributed by atoms with Crippen molar-refractivity contribution in [1.29, 1.82) is 0 Å². The van der Waals surface area contributed by atoms with Crippen LogP contribution in [-0.2, 0) is 4.79 Å². The minimum Gasteiger partial charge on any atom is -0.325 e. The molecule has 0 aliphatic rings. The van der Waals surface area contributed by atoms with Crippen LogP contribution in [0.3, 0.4) is 0 Å². The van der Waals surface area contributed by atoms with Gasteiger partial charge in [0, 0.05) is 23.2 Å². The fourth-order valence-corrected chi connectivity index (χ4v) is 2.20. The zero-order valence-corrected chi connectivity index (χ0v) is 11.5. The number of aromatic nitrogens is 2. The van der Waals surface area contributed by atoms with E-state index in [4.69, 9.17) is 0 Å². The smallest absolute Gasteiger partial charge is 0.235 e. The molecule has 94 valence electrons. The Labute approximate surface area is 118 Å². The standard InChI is InChI=1S/C14H10BrN3O/c15-8-12(19)18-11-7-9-3-1-5-16-13(9)14-10(11)4-2-6-17-14/h1-7H,8H2,(H,18,19). The third-order valence-electron chi connectivity index (χ3n) is 2.86. The summed E-state index contributed by atoms with van der Waals surface area (Å²) in [5.41, 5.74) is 2.40. The van der Waals surface area contributed by atoms with Crippen LogP contribution in [0.5, 0.6) is 0 Å². The Kier molecular flexibility index (Phi) is 3.13. The van der Waals surface area contributed by atoms with E-state index in [-0.39, 0.29) is 11.2 Å². The average molecular weight is 316 g/mol. The zero-order valence-electron chi connectivity index (χ0n) is 9.93. The Morgan fingerprint density at radius 2 is 1.89 bits per heavy atom. The van der Waals surface area contributed by atoms with Crippen molar-refractivity contribution in [1.82, 2.24) is 9.97 Å². The fourth-order valence-electron chi connectivity index (χ4n) is 2.06. The summed E-state index contributed by atoms with van der Waals surface area (Å²) in [6, 6.07) is 9.53. The fraction of sp³-hybridized carbons (Fsp3) is 0.0714. The molecule has 0 saturated carbocycles. The second kappa shape index (κ2) is 4.93. The topological polar surface area (TPSA) is 54.9 Å². The van der Waals surface area contributed by atoms with Gasteiger partial charge in [-0.3, -0.25) is 14.8 Å². The molecule has 19 heavy (non-hydrogen) atoms. The molecule has 5 heteroatoms. The van der Waals surface area contributed by atoms with Crippen LogP contribution in [0.25, 0.3) is 21.8 Å². The minimum absolute atomic E-state index is 0.0895. The average Bonchev–Trinajstić information content (AvgIpc) is 2.47. The molecule has 0 fully saturated rings. The van der Waals surface area contributed by atoms with E-state index in [9.17, 15) is 4.79 Å². The Bertz CT molecular complexity index is 773. The van der Waals surface area contributed by atoms with Gasteiger partial charge in [0.05, 0.1) is 22.1 Å². The zero-order chi connectivity index (χ0) is 13.2. The van der Waals surface area contributed by atoms with Gasteiger partial charge in [0.25, 0.3) is 0 Å². The second-order valence-corrected chi connectivity index (χ2v) is 4.64. The van der Waals surface area contributed by atoms with Crippen molar-refractivity contribution in [3.05, 3.63) is 42.7 Å². The maximum absolute atomic E-state index is 11.6. The van der Waals surface area contributed by atoms with Gasteiger partial charge in [0.1, 0.15) is 0 Å². The molecule has 3 rings (SSSR count). The van der Waals surface area contributed by atoms with Crippen LogP contribution in [0, 0.1) is 0 Å². The molecule has 0 saturated heterocycles. The summed E-state index contributed by atoms with van der Waals surface area (Å²) in [6.45, 7) is 0. The summed E-state index contributed by atoms with van der Waals surface area (Å²) in [5.74, 6) is -0.0895. The summed E-state index contributed by atoms with van der Waals surface area (Å²) in [7, 11) is 0. The highest BCUT2D eigenvalue weighted by Crippen LogP contribution is 2.29. The van der Waals surface area contributed by atoms with E-state index in [2.05, 4.69) is 31.2 Å². The molecule has 0 unspecified atom stereocenters. The highest BCUT2D eigenvalue weighted by molar-refractivity contribution is 9.09. The quantitative estimate of drug-likeness (QED) is 0.584. The van der Waals surface area contributed by atoms with Crippen molar-refractivity contribution in [2.24, 2.45) is 0 Å². The van der Waals surface area contributed by atoms with Gasteiger partial charge in [-0.05, 0) is 24.3 Å². The lowest BCUT2D eigenvalue weighted by atomic mass is 10.1. The molecule has 2 aromatic heterocycles. The number of carbonyl (C=O) groups is 1. The molecule has 0 aliphatic carbocycles. The van der Waals surface area contributed by atoms with E-state index >= 15 is 0 Å². The maximum Gasteiger partial charge on any atom is 0.235 e. The molecule has 1 N–H and O–H groups in total. The van der Waals surface area contributed by atoms with Gasteiger partial charge in [-0.25, -0.2) is 0 Å². The molecular weight excluding hydrogens is 306 g/mol. The third-order valence-corrected chi connectivity index (χ3v) is 3.37. The summed E-state index contributed by atoms with van der Waals surface area (Å²) in [5, 5.41) is 4.99. The van der Waals surface area contributed by atoms with E-state index in [1.165, 1.54) is 0 Å². The van der Waals surface area contributed by atoms with Gasteiger partial charge in [-0.2, -0.15) is 0 Å². The van der Waals surface area contributed by atoms with Gasteiger partial charge < -0.3 is 5.32 Å². The number of pyridine rings is 2. The minimum atomic E-state index is -0.0895. The molecule has 0 bridgehead atoms. The van der Waals surface area contributed by atoms with Crippen molar-refractivity contribution in [2.75, 3.05) is 10.6 Å². The van der Waals surface area contributed by atoms with Crippen molar-refractivity contribution < 1.29 is 4.79 Å². The number of carbonyl (C=O) groups excluding carboxylic acids is 1. The highest BCUT2D eigenvalue weighted by Gasteiger charge is 2.09. The summed E-state index contributed by atoms with van der Waals surface area (Å²) in [4.78, 5) is 20.3. The first-order valence-corrected chi connectivity index (χ1v) is 6.90. The SMILES string of the molecule is O=C(CBr)Nc1cc2cccnc2c2ncccc12. The third kappa shape index (κ3) is 2.17. The van der Waals surface area contributed by atoms with Gasteiger partial charge in [0.2, 0.25) is 5.91 Å². The second-order valence-electron chi connectivity index (χ2n) is 4.08. The van der Waals surface area contributed by atoms with E-state index in [1.807, 2.05) is 30.3 Å². The number of halogens is 1. The lowest BCUT2D eigenvalue weighted by molar-refractivity contribution is -0.113. The summed E-state index contributed by atoms with van der Waals surface area (Å²) in [6.07, 6.45) is 3.47. The number of alkyl halides is 1. The predicted molar refractivity (Wildman–Crippen MR) is 79.5 cm³/mol. The van der Waals surface area contributed by atoms with Gasteiger partial charge in [0.15, 0.2) is 0 Å². The van der Waals surface area contributed by atoms with Crippen LogP contribution in [0.4, 0.5) is 5.69 Å². The van der Waals surface area contributed by atoms with Crippen LogP contribution >= 0.6 is 15.9 Å². The molecule has 0 aliphatic heterocycles. The molecular formula is C14H10BrN3O. The lowest BCUT2D eigenvalue weighted by Gasteiger charge is -2.09. The molecule has 1 amide bonds. The maximum atomic E-state index is 11.6. The van der Waals surface area contributed by atoms with Crippen molar-refractivity contribution in [2.45, 2.75) is 0 Å². The van der Waals surface area contributed by atoms with Crippen molar-refractivity contribution >= 4 is 49.3 Å². The molecule has 0 radical (unpaired) electrons. The van der Waals surface area contributed by atoms with Gasteiger partial charge >= 0.3 is 0 Å². The number of fused-ring (bicyclic) bond motifs is 3. The molecule has 2 heterocycles. The highest BCUT2D eigenvalue weighted by atomic mass is 79.9. The Hall–Kier alpha value is -2.01. The van der Waals surface area contributed by atoms with Crippen LogP contribution in [0.2, 0.25) is 0 Å². The normalized spacial score (nSPS) is 10.8. The van der Waals surface area contributed by atoms with Crippen molar-refractivity contribution in [3.63, 3.8) is 0 Å². The first kappa shape index (κ1) is 12.0. The van der Waals surface area contributed by atoms with Crippen molar-refractivity contribution in [3.8, 4) is 0 Å². The number of hydrogen-bond donors (Lipinski definition) is 1. The first-order valence-electron chi connectivity index (χ1n) is 5.78. The van der Waals surface area contributed by atoms with E-state index in [0.717, 1.165) is 27.5 Å². The number of rotatable bonds is 2. The lowest BCUT2D eigenvalue weighted by Crippen LogP contribution is -2.12. The molecule has 0 atom stereocenters. The Morgan fingerprint density at radius 1 is 1.16 bits per heavy atom. The summed E-state index contributed by atoms with van der Waals surface area (Å²) >= 11 is 3.15. The number of nitrogens with zero attached hydrogens (tertiary/aromatic N) is 2. The molecule has 0 spiro atoms. The van der Waals surface area contributed by atoms with Gasteiger partial charge in [-0.15, -0.1) is 0 Å². The van der Waals surface area contributed by atoms with Crippen LogP contribution in [0.15, 0.2) is 42.7 Å². The Balaban J connectivity index is 2.32. The van der Waals surface area contributed by atoms with Crippen LogP contribution < -0.4 is 5.32 Å². The summed E-state index contributed by atoms with van der Waals surface area (Å²) < 4.78 is 0. The first-order chi connectivity index (χ1) is 9.29. The molecule has 3 aromatic rings. The number of anilines is 1. The molecule has 1 aromatic carbocycles. The van der Waals surface area contributed by atoms with Crippen LogP contribution in [-0.4, -0.2) is 21.2 Å². The van der Waals surface area contributed by atoms with E-state index in [0.29, 0.717) is 0 Å². The van der Waals surface area contributed by atoms with E-state index in [1.54, 1.807) is 12.4 Å². The largest absolute Gasteiger partial charge is 0.325 e. The van der Waals surface area contributed by atoms with Gasteiger partial charge in [-0.1, -0.05) is 22.0 Å².